The van der Waals surface area contributed by atoms with Crippen molar-refractivity contribution in [3.63, 3.8) is 0 Å². The highest BCUT2D eigenvalue weighted by Gasteiger charge is 2.36. The van der Waals surface area contributed by atoms with Crippen molar-refractivity contribution in [1.82, 2.24) is 0 Å². The SMILES string of the molecule is CCS(=O)(=O)[C@@H](C)/C(=N\O)C1CC1. The van der Waals surface area contributed by atoms with Gasteiger partial charge in [-0.15, -0.1) is 0 Å². The standard InChI is InChI=1S/C8H15NO3S/c1-3-13(11,12)6(2)8(9-10)7-4-5-7/h6-7,10H,3-5H2,1-2H3/b9-8+/t6-/m0/s1. The highest BCUT2D eigenvalue weighted by atomic mass is 32.2. The molecule has 0 bridgehead atoms. The number of sulfone groups is 1. The van der Waals surface area contributed by atoms with Gasteiger partial charge < -0.3 is 5.21 Å². The van der Waals surface area contributed by atoms with Gasteiger partial charge >= 0.3 is 0 Å². The van der Waals surface area contributed by atoms with Crippen molar-refractivity contribution in [3.8, 4) is 0 Å². The fourth-order valence-corrected chi connectivity index (χ4v) is 2.42. The monoisotopic (exact) mass is 205 g/mol. The molecule has 76 valence electrons. The van der Waals surface area contributed by atoms with Crippen LogP contribution in [-0.4, -0.2) is 30.3 Å². The lowest BCUT2D eigenvalue weighted by Gasteiger charge is -2.11. The topological polar surface area (TPSA) is 66.7 Å². The zero-order chi connectivity index (χ0) is 10.1. The zero-order valence-corrected chi connectivity index (χ0v) is 8.71. The van der Waals surface area contributed by atoms with Gasteiger partial charge in [0.15, 0.2) is 9.84 Å². The molecule has 0 radical (unpaired) electrons. The Balaban J connectivity index is 2.81. The van der Waals surface area contributed by atoms with E-state index in [0.29, 0.717) is 5.71 Å². The first kappa shape index (κ1) is 10.5. The van der Waals surface area contributed by atoms with Crippen molar-refractivity contribution >= 4 is 15.5 Å². The van der Waals surface area contributed by atoms with E-state index in [1.54, 1.807) is 13.8 Å². The molecule has 0 aromatic rings. The average molecular weight is 205 g/mol. The molecule has 0 saturated heterocycles. The second-order valence-corrected chi connectivity index (χ2v) is 6.00. The van der Waals surface area contributed by atoms with Crippen LogP contribution in [-0.2, 0) is 9.84 Å². The van der Waals surface area contributed by atoms with E-state index in [1.807, 2.05) is 0 Å². The number of nitrogens with zero attached hydrogens (tertiary/aromatic N) is 1. The molecule has 0 aliphatic heterocycles. The molecule has 5 heteroatoms. The summed E-state index contributed by atoms with van der Waals surface area (Å²) >= 11 is 0. The van der Waals surface area contributed by atoms with Gasteiger partial charge in [-0.3, -0.25) is 0 Å². The third-order valence-electron chi connectivity index (χ3n) is 2.47. The van der Waals surface area contributed by atoms with E-state index in [2.05, 4.69) is 5.16 Å². The van der Waals surface area contributed by atoms with E-state index < -0.39 is 15.1 Å². The van der Waals surface area contributed by atoms with Crippen LogP contribution >= 0.6 is 0 Å². The molecule has 0 amide bonds. The number of hydrogen-bond donors (Lipinski definition) is 1. The van der Waals surface area contributed by atoms with Gasteiger partial charge in [-0.05, 0) is 19.8 Å². The van der Waals surface area contributed by atoms with E-state index in [4.69, 9.17) is 5.21 Å². The van der Waals surface area contributed by atoms with Crippen LogP contribution in [0.3, 0.4) is 0 Å². The molecule has 1 N–H and O–H groups in total. The normalized spacial score (nSPS) is 21.5. The first-order valence-electron chi connectivity index (χ1n) is 4.46. The predicted octanol–water partition coefficient (Wildman–Crippen LogP) is 1.05. The lowest BCUT2D eigenvalue weighted by atomic mass is 10.2. The van der Waals surface area contributed by atoms with Gasteiger partial charge in [0.2, 0.25) is 0 Å². The minimum absolute atomic E-state index is 0.0971. The van der Waals surface area contributed by atoms with Crippen molar-refractivity contribution in [2.75, 3.05) is 5.75 Å². The highest BCUT2D eigenvalue weighted by Crippen LogP contribution is 2.33. The summed E-state index contributed by atoms with van der Waals surface area (Å²) in [6.45, 7) is 3.19. The highest BCUT2D eigenvalue weighted by molar-refractivity contribution is 7.92. The van der Waals surface area contributed by atoms with Crippen LogP contribution in [0.15, 0.2) is 5.16 Å². The van der Waals surface area contributed by atoms with E-state index in [9.17, 15) is 8.42 Å². The molecule has 1 saturated carbocycles. The van der Waals surface area contributed by atoms with Crippen LogP contribution in [0.5, 0.6) is 0 Å². The molecule has 1 fully saturated rings. The second kappa shape index (κ2) is 3.65. The van der Waals surface area contributed by atoms with Crippen LogP contribution < -0.4 is 0 Å². The molecule has 0 heterocycles. The van der Waals surface area contributed by atoms with Crippen LogP contribution in [0.2, 0.25) is 0 Å². The van der Waals surface area contributed by atoms with Crippen molar-refractivity contribution in [1.29, 1.82) is 0 Å². The van der Waals surface area contributed by atoms with Gasteiger partial charge in [0, 0.05) is 11.7 Å². The summed E-state index contributed by atoms with van der Waals surface area (Å²) in [7, 11) is -3.11. The average Bonchev–Trinajstić information content (AvgIpc) is 2.89. The Morgan fingerprint density at radius 1 is 1.62 bits per heavy atom. The smallest absolute Gasteiger partial charge is 0.158 e. The fraction of sp³-hybridized carbons (Fsp3) is 0.875. The Morgan fingerprint density at radius 2 is 2.15 bits per heavy atom. The van der Waals surface area contributed by atoms with Gasteiger partial charge in [-0.25, -0.2) is 8.42 Å². The third kappa shape index (κ3) is 2.21. The van der Waals surface area contributed by atoms with Crippen molar-refractivity contribution in [2.45, 2.75) is 31.9 Å². The minimum atomic E-state index is -3.11. The summed E-state index contributed by atoms with van der Waals surface area (Å²) in [4.78, 5) is 0. The van der Waals surface area contributed by atoms with Crippen molar-refractivity contribution < 1.29 is 13.6 Å². The molecule has 0 aromatic carbocycles. The van der Waals surface area contributed by atoms with E-state index in [-0.39, 0.29) is 11.7 Å². The van der Waals surface area contributed by atoms with Gasteiger partial charge in [0.25, 0.3) is 0 Å². The van der Waals surface area contributed by atoms with Gasteiger partial charge in [0.1, 0.15) is 5.25 Å². The Labute approximate surface area is 78.6 Å². The number of hydrogen-bond acceptors (Lipinski definition) is 4. The van der Waals surface area contributed by atoms with Gasteiger partial charge in [-0.2, -0.15) is 0 Å². The van der Waals surface area contributed by atoms with Crippen LogP contribution in [0.1, 0.15) is 26.7 Å². The fourth-order valence-electron chi connectivity index (χ4n) is 1.31. The summed E-state index contributed by atoms with van der Waals surface area (Å²) in [6, 6.07) is 0. The molecule has 13 heavy (non-hydrogen) atoms. The molecule has 0 spiro atoms. The molecule has 0 unspecified atom stereocenters. The van der Waals surface area contributed by atoms with Crippen LogP contribution in [0, 0.1) is 5.92 Å². The molecule has 4 nitrogen and oxygen atoms in total. The maximum atomic E-state index is 11.4. The number of rotatable bonds is 4. The number of oxime groups is 1. The summed E-state index contributed by atoms with van der Waals surface area (Å²) in [6.07, 6.45) is 1.89. The van der Waals surface area contributed by atoms with E-state index in [1.165, 1.54) is 0 Å². The Bertz CT molecular complexity index is 303. The first-order valence-corrected chi connectivity index (χ1v) is 6.18. The molecule has 1 aliphatic carbocycles. The third-order valence-corrected chi connectivity index (χ3v) is 4.59. The maximum absolute atomic E-state index is 11.4. The molecule has 1 rings (SSSR count). The molecule has 0 aromatic heterocycles. The second-order valence-electron chi connectivity index (χ2n) is 3.39. The summed E-state index contributed by atoms with van der Waals surface area (Å²) in [5, 5.41) is 11.2. The van der Waals surface area contributed by atoms with E-state index in [0.717, 1.165) is 12.8 Å². The van der Waals surface area contributed by atoms with Crippen LogP contribution in [0.25, 0.3) is 0 Å². The van der Waals surface area contributed by atoms with Gasteiger partial charge in [-0.1, -0.05) is 12.1 Å². The zero-order valence-electron chi connectivity index (χ0n) is 7.90. The minimum Gasteiger partial charge on any atom is -0.411 e. The maximum Gasteiger partial charge on any atom is 0.158 e. The molecule has 1 atom stereocenters. The van der Waals surface area contributed by atoms with Crippen LogP contribution in [0.4, 0.5) is 0 Å². The Kier molecular flexibility index (Phi) is 2.95. The van der Waals surface area contributed by atoms with E-state index >= 15 is 0 Å². The molecular formula is C8H15NO3S. The lowest BCUT2D eigenvalue weighted by molar-refractivity contribution is 0.316. The Hall–Kier alpha value is -0.580. The lowest BCUT2D eigenvalue weighted by Crippen LogP contribution is -2.30. The molecular weight excluding hydrogens is 190 g/mol. The predicted molar refractivity (Wildman–Crippen MR) is 50.9 cm³/mol. The molecule has 1 aliphatic rings. The largest absolute Gasteiger partial charge is 0.411 e. The quantitative estimate of drug-likeness (QED) is 0.424. The first-order chi connectivity index (χ1) is 6.03. The summed E-state index contributed by atoms with van der Waals surface area (Å²) < 4.78 is 22.9. The summed E-state index contributed by atoms with van der Waals surface area (Å²) in [5.74, 6) is 0.293. The van der Waals surface area contributed by atoms with Crippen molar-refractivity contribution in [3.05, 3.63) is 0 Å². The summed E-state index contributed by atoms with van der Waals surface area (Å²) in [5.41, 5.74) is 0.432. The van der Waals surface area contributed by atoms with Crippen molar-refractivity contribution in [2.24, 2.45) is 11.1 Å². The van der Waals surface area contributed by atoms with Gasteiger partial charge in [0.05, 0.1) is 5.71 Å². The Morgan fingerprint density at radius 3 is 2.46 bits per heavy atom.